The molecule has 0 radical (unpaired) electrons. The first-order valence-electron chi connectivity index (χ1n) is 5.79. The highest BCUT2D eigenvalue weighted by Crippen LogP contribution is 2.26. The van der Waals surface area contributed by atoms with Crippen molar-refractivity contribution >= 4 is 5.97 Å². The number of aliphatic hydroxyl groups is 2. The largest absolute Gasteiger partial charge is 0.497 e. The summed E-state index contributed by atoms with van der Waals surface area (Å²) in [5, 5.41) is 32.1. The van der Waals surface area contributed by atoms with Gasteiger partial charge in [-0.05, 0) is 29.6 Å². The third kappa shape index (κ3) is 3.86. The van der Waals surface area contributed by atoms with Crippen molar-refractivity contribution in [1.29, 1.82) is 0 Å². The van der Waals surface area contributed by atoms with E-state index in [2.05, 4.69) is 10.0 Å². The van der Waals surface area contributed by atoms with Crippen LogP contribution < -0.4 is 4.74 Å². The van der Waals surface area contributed by atoms with Crippen molar-refractivity contribution in [2.45, 2.75) is 18.6 Å². The molecule has 1 aromatic rings. The summed E-state index contributed by atoms with van der Waals surface area (Å²) in [6, 6.07) is 4.13. The molecular weight excluding hydrogens is 266 g/mol. The van der Waals surface area contributed by atoms with Crippen LogP contribution in [0.25, 0.3) is 10.4 Å². The molecule has 0 amide bonds. The van der Waals surface area contributed by atoms with Gasteiger partial charge in [0.25, 0.3) is 0 Å². The minimum atomic E-state index is -1.39. The molecule has 0 fully saturated rings. The Morgan fingerprint density at radius 3 is 2.75 bits per heavy atom. The van der Waals surface area contributed by atoms with Gasteiger partial charge in [-0.1, -0.05) is 11.2 Å². The van der Waals surface area contributed by atoms with Gasteiger partial charge in [0.05, 0.1) is 18.8 Å². The van der Waals surface area contributed by atoms with Gasteiger partial charge in [0.2, 0.25) is 0 Å². The highest BCUT2D eigenvalue weighted by Gasteiger charge is 2.23. The normalized spacial score (nSPS) is 13.2. The second-order valence-electron chi connectivity index (χ2n) is 4.01. The van der Waals surface area contributed by atoms with E-state index in [-0.39, 0.29) is 24.1 Å². The molecule has 0 saturated heterocycles. The van der Waals surface area contributed by atoms with Crippen LogP contribution in [-0.2, 0) is 0 Å². The number of aliphatic hydroxyl groups excluding tert-OH is 2. The predicted octanol–water partition coefficient (Wildman–Crippen LogP) is 1.49. The molecular formula is C12H15N3O5. The van der Waals surface area contributed by atoms with Crippen LogP contribution in [0.3, 0.4) is 0 Å². The molecule has 0 bridgehead atoms. The lowest BCUT2D eigenvalue weighted by Crippen LogP contribution is -2.21. The van der Waals surface area contributed by atoms with Gasteiger partial charge in [-0.25, -0.2) is 4.79 Å². The zero-order valence-corrected chi connectivity index (χ0v) is 10.8. The van der Waals surface area contributed by atoms with Crippen LogP contribution >= 0.6 is 0 Å². The minimum Gasteiger partial charge on any atom is -0.497 e. The van der Waals surface area contributed by atoms with Gasteiger partial charge in [-0.3, -0.25) is 0 Å². The van der Waals surface area contributed by atoms with Gasteiger partial charge >= 0.3 is 5.97 Å². The zero-order valence-electron chi connectivity index (χ0n) is 10.8. The molecule has 8 nitrogen and oxygen atoms in total. The van der Waals surface area contributed by atoms with Crippen molar-refractivity contribution in [3.8, 4) is 5.75 Å². The number of carboxylic acids is 1. The van der Waals surface area contributed by atoms with E-state index in [9.17, 15) is 15.0 Å². The number of nitrogens with zero attached hydrogens (tertiary/aromatic N) is 3. The Bertz CT molecular complexity index is 528. The van der Waals surface area contributed by atoms with Gasteiger partial charge in [-0.2, -0.15) is 0 Å². The minimum absolute atomic E-state index is 0.00723. The average Bonchev–Trinajstić information content (AvgIpc) is 2.45. The Labute approximate surface area is 114 Å². The molecule has 0 spiro atoms. The van der Waals surface area contributed by atoms with Crippen LogP contribution in [0.4, 0.5) is 0 Å². The first-order chi connectivity index (χ1) is 9.51. The Hall–Kier alpha value is -2.28. The van der Waals surface area contributed by atoms with E-state index in [1.165, 1.54) is 25.3 Å². The zero-order chi connectivity index (χ0) is 15.1. The lowest BCUT2D eigenvalue weighted by atomic mass is 9.97. The number of aromatic carboxylic acids is 1. The molecule has 0 aliphatic carbocycles. The maximum Gasteiger partial charge on any atom is 0.336 e. The fraction of sp³-hybridized carbons (Fsp3) is 0.417. The molecule has 0 aromatic heterocycles. The number of benzene rings is 1. The van der Waals surface area contributed by atoms with E-state index >= 15 is 0 Å². The summed E-state index contributed by atoms with van der Waals surface area (Å²) in [7, 11) is 1.39. The molecule has 0 heterocycles. The second kappa shape index (κ2) is 7.34. The summed E-state index contributed by atoms with van der Waals surface area (Å²) in [6.45, 7) is 0.00723. The van der Waals surface area contributed by atoms with Gasteiger partial charge < -0.3 is 20.1 Å². The standard InChI is InChI=1S/C12H15N3O5/c1-20-7-2-3-8(9(6-7)12(18)19)11(17)10(16)4-5-14-15-13/h2-3,6,10-11,16-17H,4-5H2,1H3,(H,18,19). The summed E-state index contributed by atoms with van der Waals surface area (Å²) in [5.74, 6) is -0.901. The molecule has 20 heavy (non-hydrogen) atoms. The molecule has 8 heteroatoms. The molecule has 2 unspecified atom stereocenters. The number of carboxylic acid groups (broad SMARTS) is 1. The molecule has 3 N–H and O–H groups in total. The van der Waals surface area contributed by atoms with E-state index in [1.807, 2.05) is 0 Å². The van der Waals surface area contributed by atoms with Crippen LogP contribution in [0, 0.1) is 0 Å². The molecule has 1 rings (SSSR count). The van der Waals surface area contributed by atoms with Gasteiger partial charge in [0.15, 0.2) is 0 Å². The first kappa shape index (κ1) is 15.8. The summed E-state index contributed by atoms with van der Waals surface area (Å²) < 4.78 is 4.92. The van der Waals surface area contributed by atoms with Gasteiger partial charge in [0, 0.05) is 11.5 Å². The van der Waals surface area contributed by atoms with E-state index in [1.54, 1.807) is 0 Å². The maximum atomic E-state index is 11.2. The van der Waals surface area contributed by atoms with E-state index in [0.717, 1.165) is 0 Å². The summed E-state index contributed by atoms with van der Waals surface area (Å²) >= 11 is 0. The lowest BCUT2D eigenvalue weighted by molar-refractivity contribution is 0.0141. The smallest absolute Gasteiger partial charge is 0.336 e. The SMILES string of the molecule is COc1ccc(C(O)C(O)CCN=[N+]=[N-])c(C(=O)O)c1. The average molecular weight is 281 g/mol. The van der Waals surface area contributed by atoms with Crippen LogP contribution in [0.2, 0.25) is 0 Å². The van der Waals surface area contributed by atoms with E-state index in [0.29, 0.717) is 5.75 Å². The number of rotatable bonds is 7. The summed E-state index contributed by atoms with van der Waals surface area (Å²) in [6.07, 6.45) is -2.59. The second-order valence-corrected chi connectivity index (χ2v) is 4.01. The van der Waals surface area contributed by atoms with Crippen LogP contribution in [0.5, 0.6) is 5.75 Å². The topological polar surface area (TPSA) is 136 Å². The highest BCUT2D eigenvalue weighted by atomic mass is 16.5. The quantitative estimate of drug-likeness (QED) is 0.395. The van der Waals surface area contributed by atoms with Crippen LogP contribution in [0.15, 0.2) is 23.3 Å². The number of carbonyl (C=O) groups is 1. The summed E-state index contributed by atoms with van der Waals surface area (Å²) in [5.41, 5.74) is 8.05. The number of ether oxygens (including phenoxy) is 1. The number of hydrogen-bond acceptors (Lipinski definition) is 5. The lowest BCUT2D eigenvalue weighted by Gasteiger charge is -2.19. The monoisotopic (exact) mass is 281 g/mol. The number of hydrogen-bond donors (Lipinski definition) is 3. The Kier molecular flexibility index (Phi) is 5.79. The number of methoxy groups -OCH3 is 1. The predicted molar refractivity (Wildman–Crippen MR) is 69.5 cm³/mol. The van der Waals surface area contributed by atoms with Crippen molar-refractivity contribution in [1.82, 2.24) is 0 Å². The molecule has 0 aliphatic rings. The van der Waals surface area contributed by atoms with Crippen molar-refractivity contribution in [3.63, 3.8) is 0 Å². The molecule has 0 aliphatic heterocycles. The third-order valence-corrected chi connectivity index (χ3v) is 2.76. The Morgan fingerprint density at radius 1 is 1.50 bits per heavy atom. The molecule has 1 aromatic carbocycles. The first-order valence-corrected chi connectivity index (χ1v) is 5.79. The van der Waals surface area contributed by atoms with Crippen molar-refractivity contribution in [2.24, 2.45) is 5.11 Å². The van der Waals surface area contributed by atoms with Crippen LogP contribution in [0.1, 0.15) is 28.4 Å². The molecule has 2 atom stereocenters. The van der Waals surface area contributed by atoms with E-state index in [4.69, 9.17) is 15.4 Å². The number of azide groups is 1. The molecule has 108 valence electrons. The van der Waals surface area contributed by atoms with Gasteiger partial charge in [-0.15, -0.1) is 0 Å². The Balaban J connectivity index is 2.99. The maximum absolute atomic E-state index is 11.2. The fourth-order valence-electron chi connectivity index (χ4n) is 1.71. The van der Waals surface area contributed by atoms with Gasteiger partial charge in [0.1, 0.15) is 11.9 Å². The van der Waals surface area contributed by atoms with Crippen molar-refractivity contribution in [3.05, 3.63) is 39.8 Å². The summed E-state index contributed by atoms with van der Waals surface area (Å²) in [4.78, 5) is 13.7. The Morgan fingerprint density at radius 2 is 2.20 bits per heavy atom. The van der Waals surface area contributed by atoms with Crippen molar-refractivity contribution in [2.75, 3.05) is 13.7 Å². The van der Waals surface area contributed by atoms with Crippen molar-refractivity contribution < 1.29 is 24.9 Å². The van der Waals surface area contributed by atoms with E-state index < -0.39 is 18.2 Å². The van der Waals surface area contributed by atoms with Crippen LogP contribution in [-0.4, -0.2) is 41.0 Å². The third-order valence-electron chi connectivity index (χ3n) is 2.76. The fourth-order valence-corrected chi connectivity index (χ4v) is 1.71. The molecule has 0 saturated carbocycles. The highest BCUT2D eigenvalue weighted by molar-refractivity contribution is 5.90.